The molecule has 0 unspecified atom stereocenters. The third kappa shape index (κ3) is 4.26. The second kappa shape index (κ2) is 6.33. The summed E-state index contributed by atoms with van der Waals surface area (Å²) in [5, 5.41) is 8.60. The van der Waals surface area contributed by atoms with Crippen LogP contribution in [-0.4, -0.2) is 17.4 Å². The molecule has 0 saturated heterocycles. The number of alkyl halides is 3. The minimum atomic E-state index is -4.84. The van der Waals surface area contributed by atoms with E-state index >= 15 is 0 Å². The molecule has 1 N–H and O–H groups in total. The number of aromatic carboxylic acids is 1. The van der Waals surface area contributed by atoms with E-state index in [1.807, 2.05) is 0 Å². The van der Waals surface area contributed by atoms with Crippen LogP contribution in [0.1, 0.15) is 10.4 Å². The van der Waals surface area contributed by atoms with Crippen LogP contribution in [0.2, 0.25) is 5.02 Å². The molecule has 4 nitrogen and oxygen atoms in total. The van der Waals surface area contributed by atoms with Gasteiger partial charge in [0.15, 0.2) is 5.82 Å². The molecule has 9 heteroatoms. The Kier molecular flexibility index (Phi) is 4.65. The standard InChI is InChI=1S/C14H7ClF4O4/c15-9-5-6-10(11(12(9)16)13(20)21)22-7-1-3-8(4-2-7)23-14(17,18)19/h1-6H,(H,20,21). The van der Waals surface area contributed by atoms with E-state index in [1.165, 1.54) is 0 Å². The van der Waals surface area contributed by atoms with Gasteiger partial charge in [-0.25, -0.2) is 9.18 Å². The summed E-state index contributed by atoms with van der Waals surface area (Å²) < 4.78 is 58.7. The van der Waals surface area contributed by atoms with Crippen LogP contribution in [0.5, 0.6) is 17.2 Å². The lowest BCUT2D eigenvalue weighted by molar-refractivity contribution is -0.274. The molecule has 122 valence electrons. The van der Waals surface area contributed by atoms with Crippen LogP contribution < -0.4 is 9.47 Å². The fourth-order valence-corrected chi connectivity index (χ4v) is 1.81. The molecule has 0 heterocycles. The van der Waals surface area contributed by atoms with Crippen molar-refractivity contribution in [2.75, 3.05) is 0 Å². The average Bonchev–Trinajstić information content (AvgIpc) is 2.43. The first-order valence-electron chi connectivity index (χ1n) is 5.92. The van der Waals surface area contributed by atoms with E-state index < -0.39 is 34.5 Å². The monoisotopic (exact) mass is 350 g/mol. The maximum absolute atomic E-state index is 13.7. The summed E-state index contributed by atoms with van der Waals surface area (Å²) >= 11 is 5.50. The lowest BCUT2D eigenvalue weighted by Gasteiger charge is -2.12. The molecule has 0 atom stereocenters. The molecule has 2 aromatic carbocycles. The van der Waals surface area contributed by atoms with Gasteiger partial charge in [0, 0.05) is 0 Å². The zero-order chi connectivity index (χ0) is 17.2. The Morgan fingerprint density at radius 1 is 1.04 bits per heavy atom. The van der Waals surface area contributed by atoms with Gasteiger partial charge in [-0.05, 0) is 36.4 Å². The molecule has 0 amide bonds. The Bertz CT molecular complexity index is 729. The zero-order valence-corrected chi connectivity index (χ0v) is 11.8. The summed E-state index contributed by atoms with van der Waals surface area (Å²) in [4.78, 5) is 11.1. The molecular weight excluding hydrogens is 344 g/mol. The van der Waals surface area contributed by atoms with Gasteiger partial charge in [-0.3, -0.25) is 0 Å². The van der Waals surface area contributed by atoms with E-state index in [1.54, 1.807) is 0 Å². The Balaban J connectivity index is 2.26. The summed E-state index contributed by atoms with van der Waals surface area (Å²) in [5.74, 6) is -3.61. The maximum atomic E-state index is 13.7. The summed E-state index contributed by atoms with van der Waals surface area (Å²) in [7, 11) is 0. The number of halogens is 5. The molecule has 0 aromatic heterocycles. The highest BCUT2D eigenvalue weighted by molar-refractivity contribution is 6.31. The third-order valence-corrected chi connectivity index (χ3v) is 2.85. The van der Waals surface area contributed by atoms with Gasteiger partial charge in [-0.2, -0.15) is 0 Å². The van der Waals surface area contributed by atoms with Crippen molar-refractivity contribution in [3.05, 3.63) is 52.8 Å². The van der Waals surface area contributed by atoms with Crippen LogP contribution >= 0.6 is 11.6 Å². The number of carboxylic acids is 1. The van der Waals surface area contributed by atoms with Crippen molar-refractivity contribution in [2.24, 2.45) is 0 Å². The fourth-order valence-electron chi connectivity index (χ4n) is 1.65. The number of ether oxygens (including phenoxy) is 2. The molecule has 0 bridgehead atoms. The fraction of sp³-hybridized carbons (Fsp3) is 0.0714. The first kappa shape index (κ1) is 16.9. The summed E-state index contributed by atoms with van der Waals surface area (Å²) in [6.07, 6.45) is -4.84. The highest BCUT2D eigenvalue weighted by atomic mass is 35.5. The predicted molar refractivity (Wildman–Crippen MR) is 71.6 cm³/mol. The topological polar surface area (TPSA) is 55.8 Å². The van der Waals surface area contributed by atoms with Crippen molar-refractivity contribution in [3.63, 3.8) is 0 Å². The van der Waals surface area contributed by atoms with Crippen molar-refractivity contribution in [2.45, 2.75) is 6.36 Å². The summed E-state index contributed by atoms with van der Waals surface area (Å²) in [6.45, 7) is 0. The number of rotatable bonds is 4. The Hall–Kier alpha value is -2.48. The quantitative estimate of drug-likeness (QED) is 0.799. The molecule has 23 heavy (non-hydrogen) atoms. The second-order valence-corrected chi connectivity index (χ2v) is 4.57. The van der Waals surface area contributed by atoms with E-state index in [4.69, 9.17) is 21.4 Å². The normalized spacial score (nSPS) is 11.2. The lowest BCUT2D eigenvalue weighted by atomic mass is 10.2. The van der Waals surface area contributed by atoms with Crippen LogP contribution in [-0.2, 0) is 0 Å². The van der Waals surface area contributed by atoms with E-state index in [0.717, 1.165) is 36.4 Å². The SMILES string of the molecule is O=C(O)c1c(Oc2ccc(OC(F)(F)F)cc2)ccc(Cl)c1F. The van der Waals surface area contributed by atoms with Gasteiger partial charge in [-0.15, -0.1) is 13.2 Å². The van der Waals surface area contributed by atoms with Crippen molar-refractivity contribution < 1.29 is 36.9 Å². The van der Waals surface area contributed by atoms with E-state index in [0.29, 0.717) is 0 Å². The molecule has 0 aliphatic carbocycles. The minimum absolute atomic E-state index is 0.0104. The van der Waals surface area contributed by atoms with Crippen molar-refractivity contribution in [3.8, 4) is 17.2 Å². The van der Waals surface area contributed by atoms with E-state index in [2.05, 4.69) is 4.74 Å². The van der Waals surface area contributed by atoms with Gasteiger partial charge in [0.2, 0.25) is 0 Å². The van der Waals surface area contributed by atoms with Crippen molar-refractivity contribution in [1.29, 1.82) is 0 Å². The Labute approximate surface area is 131 Å². The van der Waals surface area contributed by atoms with Gasteiger partial charge in [0.1, 0.15) is 22.8 Å². The largest absolute Gasteiger partial charge is 0.573 e. The molecule has 2 rings (SSSR count). The number of carboxylic acid groups (broad SMARTS) is 1. The highest BCUT2D eigenvalue weighted by Crippen LogP contribution is 2.32. The predicted octanol–water partition coefficient (Wildman–Crippen LogP) is 4.87. The molecular formula is C14H7ClF4O4. The van der Waals surface area contributed by atoms with Gasteiger partial charge in [0.25, 0.3) is 0 Å². The second-order valence-electron chi connectivity index (χ2n) is 4.16. The molecule has 0 fully saturated rings. The number of carbonyl (C=O) groups is 1. The molecule has 0 radical (unpaired) electrons. The van der Waals surface area contributed by atoms with Gasteiger partial charge in [-0.1, -0.05) is 11.6 Å². The van der Waals surface area contributed by atoms with Crippen molar-refractivity contribution >= 4 is 17.6 Å². The van der Waals surface area contributed by atoms with Gasteiger partial charge in [0.05, 0.1) is 5.02 Å². The highest BCUT2D eigenvalue weighted by Gasteiger charge is 2.31. The molecule has 0 spiro atoms. The average molecular weight is 351 g/mol. The lowest BCUT2D eigenvalue weighted by Crippen LogP contribution is -2.16. The number of benzene rings is 2. The van der Waals surface area contributed by atoms with Crippen LogP contribution in [0.25, 0.3) is 0 Å². The maximum Gasteiger partial charge on any atom is 0.573 e. The first-order valence-corrected chi connectivity index (χ1v) is 6.30. The van der Waals surface area contributed by atoms with Crippen LogP contribution in [0.15, 0.2) is 36.4 Å². The first-order chi connectivity index (χ1) is 10.7. The van der Waals surface area contributed by atoms with E-state index in [-0.39, 0.29) is 11.5 Å². The van der Waals surface area contributed by atoms with Gasteiger partial charge >= 0.3 is 12.3 Å². The van der Waals surface area contributed by atoms with Gasteiger partial charge < -0.3 is 14.6 Å². The summed E-state index contributed by atoms with van der Waals surface area (Å²) in [6, 6.07) is 6.39. The molecule has 2 aromatic rings. The third-order valence-electron chi connectivity index (χ3n) is 2.56. The Morgan fingerprint density at radius 2 is 1.61 bits per heavy atom. The Morgan fingerprint density at radius 3 is 2.13 bits per heavy atom. The summed E-state index contributed by atoms with van der Waals surface area (Å²) in [5.41, 5.74) is -0.784. The van der Waals surface area contributed by atoms with E-state index in [9.17, 15) is 22.4 Å². The molecule has 0 saturated carbocycles. The van der Waals surface area contributed by atoms with Crippen molar-refractivity contribution in [1.82, 2.24) is 0 Å². The number of hydrogen-bond acceptors (Lipinski definition) is 3. The smallest absolute Gasteiger partial charge is 0.477 e. The van der Waals surface area contributed by atoms with Crippen LogP contribution in [0, 0.1) is 5.82 Å². The molecule has 0 aliphatic heterocycles. The molecule has 0 aliphatic rings. The van der Waals surface area contributed by atoms with Crippen LogP contribution in [0.4, 0.5) is 17.6 Å². The van der Waals surface area contributed by atoms with Crippen LogP contribution in [0.3, 0.4) is 0 Å². The number of hydrogen-bond donors (Lipinski definition) is 1. The zero-order valence-electron chi connectivity index (χ0n) is 11.0. The minimum Gasteiger partial charge on any atom is -0.477 e.